The molecule has 2 heterocycles. The van der Waals surface area contributed by atoms with E-state index in [1.165, 1.54) is 23.2 Å². The number of amides is 1. The average molecular weight is 455 g/mol. The normalized spacial score (nSPS) is 12.3. The van der Waals surface area contributed by atoms with E-state index in [0.717, 1.165) is 14.6 Å². The molecular formula is C17H17BrClN5O3. The number of aryl methyl sites for hydroxylation is 1. The fourth-order valence-electron chi connectivity index (χ4n) is 2.83. The van der Waals surface area contributed by atoms with Crippen LogP contribution in [0.3, 0.4) is 0 Å². The number of hydrogen-bond donors (Lipinski definition) is 1. The molecule has 0 bridgehead atoms. The number of rotatable bonds is 4. The van der Waals surface area contributed by atoms with Gasteiger partial charge in [0.05, 0.1) is 6.04 Å². The molecule has 3 rings (SSSR count). The maximum absolute atomic E-state index is 12.5. The first-order valence-electron chi connectivity index (χ1n) is 8.07. The molecule has 0 fully saturated rings. The number of fused-ring (bicyclic) bond motifs is 1. The van der Waals surface area contributed by atoms with Gasteiger partial charge in [0.2, 0.25) is 11.2 Å². The smallest absolute Gasteiger partial charge is 0.332 e. The third-order valence-electron chi connectivity index (χ3n) is 4.35. The monoisotopic (exact) mass is 453 g/mol. The minimum absolute atomic E-state index is 0.0326. The average Bonchev–Trinajstić information content (AvgIpc) is 2.95. The number of nitrogens with one attached hydrogen (secondary N) is 1. The predicted molar refractivity (Wildman–Crippen MR) is 106 cm³/mol. The molecule has 0 aliphatic rings. The Balaban J connectivity index is 1.91. The third-order valence-corrected chi connectivity index (χ3v) is 5.17. The van der Waals surface area contributed by atoms with Crippen LogP contribution in [-0.2, 0) is 25.4 Å². The van der Waals surface area contributed by atoms with Gasteiger partial charge in [-0.2, -0.15) is 4.98 Å². The van der Waals surface area contributed by atoms with Crippen LogP contribution >= 0.6 is 27.5 Å². The van der Waals surface area contributed by atoms with Gasteiger partial charge >= 0.3 is 5.69 Å². The second kappa shape index (κ2) is 7.32. The lowest BCUT2D eigenvalue weighted by molar-refractivity contribution is -0.122. The molecule has 1 amide bonds. The van der Waals surface area contributed by atoms with E-state index in [4.69, 9.17) is 11.6 Å². The maximum atomic E-state index is 12.5. The topological polar surface area (TPSA) is 90.9 Å². The van der Waals surface area contributed by atoms with E-state index in [1.807, 2.05) is 31.2 Å². The van der Waals surface area contributed by atoms with Crippen LogP contribution in [0, 0.1) is 0 Å². The first kappa shape index (κ1) is 19.4. The number of nitrogens with zero attached hydrogens (tertiary/aromatic N) is 4. The highest BCUT2D eigenvalue weighted by molar-refractivity contribution is 9.10. The summed E-state index contributed by atoms with van der Waals surface area (Å²) in [6.45, 7) is 1.67. The van der Waals surface area contributed by atoms with Crippen LogP contribution in [0.1, 0.15) is 18.5 Å². The number of benzene rings is 1. The van der Waals surface area contributed by atoms with Gasteiger partial charge in [0.15, 0.2) is 11.2 Å². The molecule has 3 aromatic rings. The molecule has 1 aromatic carbocycles. The first-order valence-corrected chi connectivity index (χ1v) is 9.24. The summed E-state index contributed by atoms with van der Waals surface area (Å²) in [5.74, 6) is -0.331. The summed E-state index contributed by atoms with van der Waals surface area (Å²) in [6.07, 6.45) is 0. The van der Waals surface area contributed by atoms with Crippen LogP contribution < -0.4 is 16.6 Å². The summed E-state index contributed by atoms with van der Waals surface area (Å²) in [6, 6.07) is 7.36. The van der Waals surface area contributed by atoms with Crippen molar-refractivity contribution < 1.29 is 4.79 Å². The van der Waals surface area contributed by atoms with Crippen LogP contribution in [0.4, 0.5) is 0 Å². The largest absolute Gasteiger partial charge is 0.348 e. The Morgan fingerprint density at radius 1 is 1.22 bits per heavy atom. The van der Waals surface area contributed by atoms with Crippen LogP contribution in [0.15, 0.2) is 38.3 Å². The van der Waals surface area contributed by atoms with Crippen molar-refractivity contribution in [1.82, 2.24) is 24.0 Å². The van der Waals surface area contributed by atoms with Crippen LogP contribution in [0.5, 0.6) is 0 Å². The zero-order valence-corrected chi connectivity index (χ0v) is 17.2. The Hall–Kier alpha value is -2.39. The van der Waals surface area contributed by atoms with Gasteiger partial charge in [0.1, 0.15) is 6.54 Å². The van der Waals surface area contributed by atoms with Crippen molar-refractivity contribution in [3.05, 3.63) is 60.4 Å². The van der Waals surface area contributed by atoms with E-state index in [0.29, 0.717) is 0 Å². The fraction of sp³-hybridized carbons (Fsp3) is 0.294. The zero-order valence-electron chi connectivity index (χ0n) is 14.9. The molecule has 1 N–H and O–H groups in total. The minimum atomic E-state index is -0.554. The Labute approximate surface area is 167 Å². The van der Waals surface area contributed by atoms with Gasteiger partial charge < -0.3 is 5.32 Å². The molecule has 1 unspecified atom stereocenters. The van der Waals surface area contributed by atoms with Crippen LogP contribution in [0.2, 0.25) is 5.28 Å². The number of carbonyl (C=O) groups excluding carboxylic acids is 1. The van der Waals surface area contributed by atoms with E-state index < -0.39 is 11.2 Å². The standard InChI is InChI=1S/C17H17BrClN5O3/c1-9(10-4-6-11(18)7-5-10)20-12(25)8-24-13-14(21-16(24)19)22(2)17(27)23(3)15(13)26/h4-7,9H,8H2,1-3H3,(H,20,25). The van der Waals surface area contributed by atoms with Gasteiger partial charge in [0.25, 0.3) is 5.56 Å². The molecule has 0 aliphatic carbocycles. The number of hydrogen-bond acceptors (Lipinski definition) is 4. The zero-order chi connectivity index (χ0) is 19.9. The molecule has 8 nitrogen and oxygen atoms in total. The SMILES string of the molecule is CC(NC(=O)Cn1c(Cl)nc2c1c(=O)n(C)c(=O)n2C)c1ccc(Br)cc1. The van der Waals surface area contributed by atoms with Gasteiger partial charge in [-0.15, -0.1) is 0 Å². The quantitative estimate of drug-likeness (QED) is 0.608. The number of imidazole rings is 1. The second-order valence-corrected chi connectivity index (χ2v) is 7.44. The summed E-state index contributed by atoms with van der Waals surface area (Å²) in [5, 5.41) is 2.83. The Morgan fingerprint density at radius 3 is 2.48 bits per heavy atom. The van der Waals surface area contributed by atoms with Crippen molar-refractivity contribution in [2.75, 3.05) is 0 Å². The molecule has 142 valence electrons. The lowest BCUT2D eigenvalue weighted by Crippen LogP contribution is -2.38. The lowest BCUT2D eigenvalue weighted by Gasteiger charge is -2.15. The van der Waals surface area contributed by atoms with Crippen molar-refractivity contribution >= 4 is 44.6 Å². The van der Waals surface area contributed by atoms with Gasteiger partial charge in [-0.1, -0.05) is 28.1 Å². The van der Waals surface area contributed by atoms with E-state index in [2.05, 4.69) is 26.2 Å². The highest BCUT2D eigenvalue weighted by Crippen LogP contribution is 2.18. The summed E-state index contributed by atoms with van der Waals surface area (Å²) in [5.41, 5.74) is 0.118. The maximum Gasteiger partial charge on any atom is 0.332 e. The molecule has 0 spiro atoms. The Kier molecular flexibility index (Phi) is 5.25. The van der Waals surface area contributed by atoms with Crippen molar-refractivity contribution in [3.8, 4) is 0 Å². The van der Waals surface area contributed by atoms with E-state index >= 15 is 0 Å². The summed E-state index contributed by atoms with van der Waals surface area (Å²) in [7, 11) is 2.86. The van der Waals surface area contributed by atoms with Gasteiger partial charge in [-0.25, -0.2) is 4.79 Å². The molecule has 0 radical (unpaired) electrons. The summed E-state index contributed by atoms with van der Waals surface area (Å²) in [4.78, 5) is 41.1. The molecular weight excluding hydrogens is 438 g/mol. The number of carbonyl (C=O) groups is 1. The van der Waals surface area contributed by atoms with Crippen molar-refractivity contribution in [1.29, 1.82) is 0 Å². The third kappa shape index (κ3) is 3.57. The van der Waals surface area contributed by atoms with Gasteiger partial charge in [0, 0.05) is 18.6 Å². The second-order valence-electron chi connectivity index (χ2n) is 6.19. The molecule has 2 aromatic heterocycles. The first-order chi connectivity index (χ1) is 12.7. The molecule has 0 saturated carbocycles. The summed E-state index contributed by atoms with van der Waals surface area (Å²) >= 11 is 9.51. The van der Waals surface area contributed by atoms with E-state index in [9.17, 15) is 14.4 Å². The van der Waals surface area contributed by atoms with Gasteiger partial charge in [-0.05, 0) is 36.2 Å². The molecule has 0 saturated heterocycles. The van der Waals surface area contributed by atoms with Crippen molar-refractivity contribution in [2.24, 2.45) is 14.1 Å². The Bertz CT molecular complexity index is 1150. The molecule has 10 heteroatoms. The van der Waals surface area contributed by atoms with E-state index in [1.54, 1.807) is 0 Å². The van der Waals surface area contributed by atoms with E-state index in [-0.39, 0.29) is 34.9 Å². The molecule has 1 atom stereocenters. The molecule has 27 heavy (non-hydrogen) atoms. The predicted octanol–water partition coefficient (Wildman–Crippen LogP) is 1.73. The highest BCUT2D eigenvalue weighted by Gasteiger charge is 2.20. The van der Waals surface area contributed by atoms with Gasteiger partial charge in [-0.3, -0.25) is 23.3 Å². The Morgan fingerprint density at radius 2 is 1.85 bits per heavy atom. The van der Waals surface area contributed by atoms with Crippen molar-refractivity contribution in [3.63, 3.8) is 0 Å². The number of halogens is 2. The lowest BCUT2D eigenvalue weighted by atomic mass is 10.1. The van der Waals surface area contributed by atoms with Crippen LogP contribution in [0.25, 0.3) is 11.2 Å². The highest BCUT2D eigenvalue weighted by atomic mass is 79.9. The number of aromatic nitrogens is 4. The summed E-state index contributed by atoms with van der Waals surface area (Å²) < 4.78 is 4.44. The molecule has 0 aliphatic heterocycles. The fourth-order valence-corrected chi connectivity index (χ4v) is 3.32. The van der Waals surface area contributed by atoms with Crippen LogP contribution in [-0.4, -0.2) is 24.6 Å². The minimum Gasteiger partial charge on any atom is -0.348 e. The van der Waals surface area contributed by atoms with Crippen molar-refractivity contribution in [2.45, 2.75) is 19.5 Å².